The van der Waals surface area contributed by atoms with Crippen molar-refractivity contribution in [1.82, 2.24) is 10.6 Å². The third-order valence-electron chi connectivity index (χ3n) is 3.74. The minimum atomic E-state index is 0.765. The van der Waals surface area contributed by atoms with E-state index in [1.54, 1.807) is 0 Å². The molecule has 2 heteroatoms. The summed E-state index contributed by atoms with van der Waals surface area (Å²) in [5.74, 6) is 1.77. The van der Waals surface area contributed by atoms with E-state index < -0.39 is 0 Å². The van der Waals surface area contributed by atoms with Gasteiger partial charge in [0.25, 0.3) is 0 Å². The van der Waals surface area contributed by atoms with Gasteiger partial charge in [-0.3, -0.25) is 0 Å². The smallest absolute Gasteiger partial charge is 0.00768 e. The van der Waals surface area contributed by atoms with Crippen molar-refractivity contribution >= 4 is 0 Å². The van der Waals surface area contributed by atoms with Crippen LogP contribution >= 0.6 is 0 Å². The van der Waals surface area contributed by atoms with E-state index in [1.807, 2.05) is 0 Å². The summed E-state index contributed by atoms with van der Waals surface area (Å²) in [5, 5.41) is 7.04. The first-order valence-electron chi connectivity index (χ1n) is 7.70. The van der Waals surface area contributed by atoms with Gasteiger partial charge in [-0.25, -0.2) is 0 Å². The topological polar surface area (TPSA) is 24.1 Å². The summed E-state index contributed by atoms with van der Waals surface area (Å²) in [6.07, 6.45) is 10.2. The average molecular weight is 240 g/mol. The molecule has 0 unspecified atom stereocenters. The molecule has 1 aliphatic carbocycles. The van der Waals surface area contributed by atoms with Crippen LogP contribution in [0.4, 0.5) is 0 Å². The van der Waals surface area contributed by atoms with E-state index in [4.69, 9.17) is 0 Å². The number of hydrogen-bond acceptors (Lipinski definition) is 2. The lowest BCUT2D eigenvalue weighted by Gasteiger charge is -2.14. The molecular formula is C15H32N2. The highest BCUT2D eigenvalue weighted by Crippen LogP contribution is 2.24. The second-order valence-electron chi connectivity index (χ2n) is 5.99. The molecule has 0 atom stereocenters. The van der Waals surface area contributed by atoms with E-state index >= 15 is 0 Å². The summed E-state index contributed by atoms with van der Waals surface area (Å²) in [4.78, 5) is 0. The van der Waals surface area contributed by atoms with E-state index in [-0.39, 0.29) is 0 Å². The maximum atomic E-state index is 3.56. The largest absolute Gasteiger partial charge is 0.315 e. The van der Waals surface area contributed by atoms with Crippen LogP contribution in [0.2, 0.25) is 0 Å². The first-order chi connectivity index (χ1) is 8.29. The van der Waals surface area contributed by atoms with Crippen LogP contribution in [-0.4, -0.2) is 26.2 Å². The molecule has 0 radical (unpaired) electrons. The third-order valence-corrected chi connectivity index (χ3v) is 3.74. The average Bonchev–Trinajstić information content (AvgIpc) is 2.56. The molecule has 0 amide bonds. The molecular weight excluding hydrogens is 208 g/mol. The molecule has 0 aromatic carbocycles. The van der Waals surface area contributed by atoms with Crippen LogP contribution in [0, 0.1) is 11.8 Å². The summed E-state index contributed by atoms with van der Waals surface area (Å²) in [6, 6.07) is 0. The Morgan fingerprint density at radius 2 is 1.53 bits per heavy atom. The lowest BCUT2D eigenvalue weighted by molar-refractivity contribution is 0.413. The lowest BCUT2D eigenvalue weighted by atomic mass is 9.97. The van der Waals surface area contributed by atoms with Gasteiger partial charge in [-0.1, -0.05) is 52.4 Å². The third kappa shape index (κ3) is 8.62. The standard InChI is InChI=1S/C15H32N2/c1-14(2)13-17-12-11-16-10-9-15-7-5-3-4-6-8-15/h14-17H,3-13H2,1-2H3. The molecule has 0 aliphatic heterocycles. The van der Waals surface area contributed by atoms with Gasteiger partial charge in [0.05, 0.1) is 0 Å². The first kappa shape index (κ1) is 15.0. The quantitative estimate of drug-likeness (QED) is 0.503. The Hall–Kier alpha value is -0.0800. The van der Waals surface area contributed by atoms with Crippen LogP contribution in [0.3, 0.4) is 0 Å². The molecule has 1 aliphatic rings. The van der Waals surface area contributed by atoms with Crippen LogP contribution in [-0.2, 0) is 0 Å². The fourth-order valence-electron chi connectivity index (χ4n) is 2.65. The van der Waals surface area contributed by atoms with E-state index in [1.165, 1.54) is 51.5 Å². The van der Waals surface area contributed by atoms with Crippen molar-refractivity contribution in [2.45, 2.75) is 58.8 Å². The Morgan fingerprint density at radius 1 is 0.882 bits per heavy atom. The summed E-state index contributed by atoms with van der Waals surface area (Å²) < 4.78 is 0. The maximum absolute atomic E-state index is 3.56. The molecule has 0 spiro atoms. The van der Waals surface area contributed by atoms with Gasteiger partial charge >= 0.3 is 0 Å². The fraction of sp³-hybridized carbons (Fsp3) is 1.00. The van der Waals surface area contributed by atoms with Crippen LogP contribution < -0.4 is 10.6 Å². The molecule has 2 nitrogen and oxygen atoms in total. The van der Waals surface area contributed by atoms with Crippen molar-refractivity contribution in [2.24, 2.45) is 11.8 Å². The Kier molecular flexibility index (Phi) is 8.72. The van der Waals surface area contributed by atoms with E-state index in [0.29, 0.717) is 0 Å². The molecule has 1 rings (SSSR count). The van der Waals surface area contributed by atoms with E-state index in [9.17, 15) is 0 Å². The van der Waals surface area contributed by atoms with Gasteiger partial charge in [0.15, 0.2) is 0 Å². The normalized spacial score (nSPS) is 18.5. The predicted molar refractivity (Wildman–Crippen MR) is 76.4 cm³/mol. The zero-order valence-corrected chi connectivity index (χ0v) is 11.9. The maximum Gasteiger partial charge on any atom is 0.00768 e. The van der Waals surface area contributed by atoms with Gasteiger partial charge in [-0.2, -0.15) is 0 Å². The zero-order chi connectivity index (χ0) is 12.3. The van der Waals surface area contributed by atoms with Crippen molar-refractivity contribution in [1.29, 1.82) is 0 Å². The van der Waals surface area contributed by atoms with Crippen LogP contribution in [0.15, 0.2) is 0 Å². The summed E-state index contributed by atoms with van der Waals surface area (Å²) in [5.41, 5.74) is 0. The van der Waals surface area contributed by atoms with Gasteiger partial charge in [-0.15, -0.1) is 0 Å². The Morgan fingerprint density at radius 3 is 2.18 bits per heavy atom. The minimum Gasteiger partial charge on any atom is -0.315 e. The van der Waals surface area contributed by atoms with Gasteiger partial charge in [-0.05, 0) is 31.3 Å². The molecule has 0 saturated heterocycles. The van der Waals surface area contributed by atoms with Crippen molar-refractivity contribution in [3.05, 3.63) is 0 Å². The van der Waals surface area contributed by atoms with Crippen LogP contribution in [0.25, 0.3) is 0 Å². The Labute approximate surface area is 108 Å². The monoisotopic (exact) mass is 240 g/mol. The van der Waals surface area contributed by atoms with E-state index in [2.05, 4.69) is 24.5 Å². The van der Waals surface area contributed by atoms with Gasteiger partial charge < -0.3 is 10.6 Å². The van der Waals surface area contributed by atoms with Crippen LogP contribution in [0.5, 0.6) is 0 Å². The summed E-state index contributed by atoms with van der Waals surface area (Å²) >= 11 is 0. The number of nitrogens with one attached hydrogen (secondary N) is 2. The van der Waals surface area contributed by atoms with Crippen molar-refractivity contribution in [3.8, 4) is 0 Å². The zero-order valence-electron chi connectivity index (χ0n) is 11.9. The molecule has 1 saturated carbocycles. The molecule has 0 heterocycles. The fourth-order valence-corrected chi connectivity index (χ4v) is 2.65. The predicted octanol–water partition coefficient (Wildman–Crippen LogP) is 3.18. The Bertz CT molecular complexity index is 160. The van der Waals surface area contributed by atoms with Crippen molar-refractivity contribution in [2.75, 3.05) is 26.2 Å². The molecule has 102 valence electrons. The molecule has 2 N–H and O–H groups in total. The second kappa shape index (κ2) is 9.90. The highest BCUT2D eigenvalue weighted by molar-refractivity contribution is 4.66. The number of hydrogen-bond donors (Lipinski definition) is 2. The van der Waals surface area contributed by atoms with E-state index in [0.717, 1.165) is 31.5 Å². The molecule has 0 aromatic rings. The lowest BCUT2D eigenvalue weighted by Crippen LogP contribution is -2.30. The minimum absolute atomic E-state index is 0.765. The van der Waals surface area contributed by atoms with Gasteiger partial charge in [0.2, 0.25) is 0 Å². The molecule has 17 heavy (non-hydrogen) atoms. The van der Waals surface area contributed by atoms with Crippen molar-refractivity contribution < 1.29 is 0 Å². The molecule has 1 fully saturated rings. The first-order valence-corrected chi connectivity index (χ1v) is 7.70. The van der Waals surface area contributed by atoms with Gasteiger partial charge in [0, 0.05) is 13.1 Å². The van der Waals surface area contributed by atoms with Crippen LogP contribution in [0.1, 0.15) is 58.8 Å². The number of rotatable bonds is 8. The van der Waals surface area contributed by atoms with Crippen molar-refractivity contribution in [3.63, 3.8) is 0 Å². The Balaban J connectivity index is 1.86. The highest BCUT2D eigenvalue weighted by atomic mass is 14.9. The summed E-state index contributed by atoms with van der Waals surface area (Å²) in [7, 11) is 0. The SMILES string of the molecule is CC(C)CNCCNCCC1CCCCCC1. The highest BCUT2D eigenvalue weighted by Gasteiger charge is 2.11. The molecule has 0 bridgehead atoms. The summed E-state index contributed by atoms with van der Waals surface area (Å²) in [6.45, 7) is 9.11. The molecule has 0 aromatic heterocycles. The van der Waals surface area contributed by atoms with Gasteiger partial charge in [0.1, 0.15) is 0 Å². The second-order valence-corrected chi connectivity index (χ2v) is 5.99.